The maximum atomic E-state index is 8.85. The van der Waals surface area contributed by atoms with E-state index in [2.05, 4.69) is 4.99 Å². The zero-order valence-corrected chi connectivity index (χ0v) is 7.75. The van der Waals surface area contributed by atoms with Gasteiger partial charge in [-0.15, -0.1) is 0 Å². The molecule has 1 aliphatic rings. The number of allylic oxidation sites excluding steroid dienone is 2. The van der Waals surface area contributed by atoms with E-state index in [1.807, 2.05) is 13.0 Å². The van der Waals surface area contributed by atoms with Crippen molar-refractivity contribution in [1.82, 2.24) is 0 Å². The fraction of sp³-hybridized carbons (Fsp3) is 0.444. The lowest BCUT2D eigenvalue weighted by atomic mass is 10.1. The van der Waals surface area contributed by atoms with Crippen LogP contribution < -0.4 is 0 Å². The van der Waals surface area contributed by atoms with Gasteiger partial charge in [0.25, 0.3) is 0 Å². The number of aliphatic hydroxyl groups excluding tert-OH is 1. The van der Waals surface area contributed by atoms with Crippen LogP contribution >= 0.6 is 11.6 Å². The number of aliphatic hydroxyl groups is 1. The summed E-state index contributed by atoms with van der Waals surface area (Å²) in [7, 11) is 0. The SMILES string of the molecule is CC1CC=C(CO)C=NC=C1Cl. The summed E-state index contributed by atoms with van der Waals surface area (Å²) in [6, 6.07) is 0. The van der Waals surface area contributed by atoms with Crippen LogP contribution in [0.15, 0.2) is 27.9 Å². The molecule has 0 aromatic heterocycles. The zero-order chi connectivity index (χ0) is 8.97. The lowest BCUT2D eigenvalue weighted by Crippen LogP contribution is -1.99. The zero-order valence-electron chi connectivity index (χ0n) is 7.00. The average molecular weight is 186 g/mol. The van der Waals surface area contributed by atoms with Crippen molar-refractivity contribution >= 4 is 17.8 Å². The maximum Gasteiger partial charge on any atom is 0.0693 e. The number of hydrogen-bond donors (Lipinski definition) is 1. The van der Waals surface area contributed by atoms with Gasteiger partial charge in [0.2, 0.25) is 0 Å². The minimum Gasteiger partial charge on any atom is -0.392 e. The van der Waals surface area contributed by atoms with Crippen molar-refractivity contribution in [3.8, 4) is 0 Å². The highest BCUT2D eigenvalue weighted by Gasteiger charge is 2.06. The molecule has 0 saturated heterocycles. The van der Waals surface area contributed by atoms with Gasteiger partial charge in [-0.3, -0.25) is 4.99 Å². The third kappa shape index (κ3) is 2.47. The summed E-state index contributed by atoms with van der Waals surface area (Å²) in [5.74, 6) is 0.297. The van der Waals surface area contributed by atoms with Crippen LogP contribution in [0.3, 0.4) is 0 Å². The van der Waals surface area contributed by atoms with Gasteiger partial charge in [-0.2, -0.15) is 0 Å². The molecule has 1 atom stereocenters. The van der Waals surface area contributed by atoms with Gasteiger partial charge in [0.05, 0.1) is 6.61 Å². The van der Waals surface area contributed by atoms with Crippen LogP contribution in [0, 0.1) is 5.92 Å². The second-order valence-electron chi connectivity index (χ2n) is 2.87. The summed E-state index contributed by atoms with van der Waals surface area (Å²) < 4.78 is 0. The molecule has 0 aliphatic carbocycles. The molecule has 12 heavy (non-hydrogen) atoms. The molecule has 0 aromatic carbocycles. The number of rotatable bonds is 1. The number of halogens is 1. The van der Waals surface area contributed by atoms with Crippen LogP contribution in [-0.4, -0.2) is 17.9 Å². The van der Waals surface area contributed by atoms with Gasteiger partial charge in [0, 0.05) is 17.4 Å². The van der Waals surface area contributed by atoms with Gasteiger partial charge in [0.15, 0.2) is 0 Å². The van der Waals surface area contributed by atoms with Crippen molar-refractivity contribution in [1.29, 1.82) is 0 Å². The van der Waals surface area contributed by atoms with Gasteiger partial charge in [-0.1, -0.05) is 24.6 Å². The van der Waals surface area contributed by atoms with E-state index in [9.17, 15) is 0 Å². The first-order chi connectivity index (χ1) is 5.74. The molecule has 1 N–H and O–H groups in total. The highest BCUT2D eigenvalue weighted by atomic mass is 35.5. The molecule has 1 unspecified atom stereocenters. The van der Waals surface area contributed by atoms with E-state index in [4.69, 9.17) is 16.7 Å². The molecule has 0 spiro atoms. The molecule has 0 radical (unpaired) electrons. The molecule has 0 fully saturated rings. The van der Waals surface area contributed by atoms with Crippen molar-refractivity contribution < 1.29 is 5.11 Å². The van der Waals surface area contributed by atoms with E-state index in [1.165, 1.54) is 0 Å². The standard InChI is InChI=1S/C9H12ClNO/c1-7-2-3-8(6-12)4-11-5-9(7)10/h3-5,7,12H,2,6H2,1H3. The minimum atomic E-state index is 0.0433. The summed E-state index contributed by atoms with van der Waals surface area (Å²) in [6.45, 7) is 2.08. The van der Waals surface area contributed by atoms with Gasteiger partial charge < -0.3 is 5.11 Å². The first-order valence-corrected chi connectivity index (χ1v) is 4.30. The van der Waals surface area contributed by atoms with Crippen molar-refractivity contribution in [3.05, 3.63) is 22.9 Å². The van der Waals surface area contributed by atoms with Crippen molar-refractivity contribution in [3.63, 3.8) is 0 Å². The summed E-state index contributed by atoms with van der Waals surface area (Å²) in [5.41, 5.74) is 0.849. The fourth-order valence-corrected chi connectivity index (χ4v) is 1.08. The lowest BCUT2D eigenvalue weighted by molar-refractivity contribution is 0.337. The monoisotopic (exact) mass is 185 g/mol. The number of aliphatic imine (C=N–C) groups is 1. The second kappa shape index (κ2) is 4.43. The van der Waals surface area contributed by atoms with Gasteiger partial charge in [-0.05, 0) is 17.9 Å². The quantitative estimate of drug-likeness (QED) is 0.667. The summed E-state index contributed by atoms with van der Waals surface area (Å²) in [5, 5.41) is 9.61. The number of hydrogen-bond acceptors (Lipinski definition) is 2. The first kappa shape index (κ1) is 9.49. The average Bonchev–Trinajstić information content (AvgIpc) is 2.07. The Morgan fingerprint density at radius 3 is 3.17 bits per heavy atom. The maximum absolute atomic E-state index is 8.85. The molecule has 3 heteroatoms. The Kier molecular flexibility index (Phi) is 3.50. The molecule has 66 valence electrons. The van der Waals surface area contributed by atoms with Crippen LogP contribution in [0.4, 0.5) is 0 Å². The molecule has 0 saturated carbocycles. The smallest absolute Gasteiger partial charge is 0.0693 e. The topological polar surface area (TPSA) is 32.6 Å². The van der Waals surface area contributed by atoms with Crippen LogP contribution in [-0.2, 0) is 0 Å². The predicted octanol–water partition coefficient (Wildman–Crippen LogP) is 2.10. The molecule has 0 amide bonds. The van der Waals surface area contributed by atoms with Crippen LogP contribution in [0.5, 0.6) is 0 Å². The van der Waals surface area contributed by atoms with E-state index >= 15 is 0 Å². The molecule has 0 aromatic rings. The molecular weight excluding hydrogens is 174 g/mol. The summed E-state index contributed by atoms with van der Waals surface area (Å²) in [6.07, 6.45) is 6.09. The molecular formula is C9H12ClNO. The van der Waals surface area contributed by atoms with E-state index < -0.39 is 0 Å². The predicted molar refractivity (Wildman–Crippen MR) is 51.4 cm³/mol. The molecule has 0 bridgehead atoms. The first-order valence-electron chi connectivity index (χ1n) is 3.92. The van der Waals surface area contributed by atoms with E-state index in [0.29, 0.717) is 5.92 Å². The third-order valence-electron chi connectivity index (χ3n) is 1.83. The Hall–Kier alpha value is -0.600. The molecule has 1 aliphatic heterocycles. The third-order valence-corrected chi connectivity index (χ3v) is 2.30. The summed E-state index contributed by atoms with van der Waals surface area (Å²) >= 11 is 5.89. The largest absolute Gasteiger partial charge is 0.392 e. The Labute approximate surface area is 77.3 Å². The van der Waals surface area contributed by atoms with Crippen LogP contribution in [0.25, 0.3) is 0 Å². The highest BCUT2D eigenvalue weighted by Crippen LogP contribution is 2.20. The minimum absolute atomic E-state index is 0.0433. The highest BCUT2D eigenvalue weighted by molar-refractivity contribution is 6.29. The Balaban J connectivity index is 2.79. The fourth-order valence-electron chi connectivity index (χ4n) is 0.930. The van der Waals surface area contributed by atoms with Crippen LogP contribution in [0.1, 0.15) is 13.3 Å². The Morgan fingerprint density at radius 2 is 2.50 bits per heavy atom. The lowest BCUT2D eigenvalue weighted by Gasteiger charge is -2.08. The number of nitrogens with zero attached hydrogens (tertiary/aromatic N) is 1. The van der Waals surface area contributed by atoms with E-state index in [-0.39, 0.29) is 6.61 Å². The molecule has 1 heterocycles. The molecule has 2 nitrogen and oxygen atoms in total. The Bertz CT molecular complexity index is 240. The van der Waals surface area contributed by atoms with Crippen molar-refractivity contribution in [2.75, 3.05) is 6.61 Å². The Morgan fingerprint density at radius 1 is 1.75 bits per heavy atom. The van der Waals surface area contributed by atoms with Crippen molar-refractivity contribution in [2.24, 2.45) is 10.9 Å². The van der Waals surface area contributed by atoms with Gasteiger partial charge in [-0.25, -0.2) is 0 Å². The second-order valence-corrected chi connectivity index (χ2v) is 3.30. The summed E-state index contributed by atoms with van der Waals surface area (Å²) in [4.78, 5) is 3.97. The van der Waals surface area contributed by atoms with Crippen LogP contribution in [0.2, 0.25) is 0 Å². The molecule has 1 rings (SSSR count). The van der Waals surface area contributed by atoms with E-state index in [0.717, 1.165) is 17.0 Å². The van der Waals surface area contributed by atoms with Crippen molar-refractivity contribution in [2.45, 2.75) is 13.3 Å². The van der Waals surface area contributed by atoms with E-state index in [1.54, 1.807) is 12.4 Å². The van der Waals surface area contributed by atoms with Gasteiger partial charge in [0.1, 0.15) is 0 Å². The normalized spacial score (nSPS) is 24.1. The van der Waals surface area contributed by atoms with Gasteiger partial charge >= 0.3 is 0 Å².